The van der Waals surface area contributed by atoms with Gasteiger partial charge in [0.2, 0.25) is 5.82 Å². The van der Waals surface area contributed by atoms with E-state index in [0.29, 0.717) is 10.0 Å². The molecule has 0 bridgehead atoms. The second-order valence-electron chi connectivity index (χ2n) is 3.91. The summed E-state index contributed by atoms with van der Waals surface area (Å²) in [6.07, 6.45) is 0. The zero-order chi connectivity index (χ0) is 14.7. The summed E-state index contributed by atoms with van der Waals surface area (Å²) >= 11 is 11.6. The van der Waals surface area contributed by atoms with Crippen LogP contribution >= 0.6 is 23.2 Å². The molecule has 0 aliphatic carbocycles. The van der Waals surface area contributed by atoms with E-state index in [1.165, 1.54) is 6.07 Å². The molecule has 0 heterocycles. The summed E-state index contributed by atoms with van der Waals surface area (Å²) in [5.41, 5.74) is 0.157. The van der Waals surface area contributed by atoms with Gasteiger partial charge in [0.1, 0.15) is 12.4 Å². The maximum Gasteiger partial charge on any atom is 0.305 e. The summed E-state index contributed by atoms with van der Waals surface area (Å²) in [5, 5.41) is 11.3. The zero-order valence-corrected chi connectivity index (χ0v) is 11.5. The molecule has 2 aromatic carbocycles. The van der Waals surface area contributed by atoms with Gasteiger partial charge in [0.15, 0.2) is 0 Å². The molecular weight excluding hydrogens is 308 g/mol. The van der Waals surface area contributed by atoms with Crippen LogP contribution in [0.2, 0.25) is 10.0 Å². The van der Waals surface area contributed by atoms with Gasteiger partial charge in [0, 0.05) is 12.1 Å². The van der Waals surface area contributed by atoms with Gasteiger partial charge < -0.3 is 4.74 Å². The van der Waals surface area contributed by atoms with Gasteiger partial charge in [-0.2, -0.15) is 4.39 Å². The molecule has 0 unspecified atom stereocenters. The van der Waals surface area contributed by atoms with E-state index < -0.39 is 16.4 Å². The van der Waals surface area contributed by atoms with Gasteiger partial charge in [0.05, 0.1) is 15.0 Å². The smallest absolute Gasteiger partial charge is 0.305 e. The van der Waals surface area contributed by atoms with Crippen molar-refractivity contribution in [1.29, 1.82) is 0 Å². The van der Waals surface area contributed by atoms with Crippen LogP contribution < -0.4 is 4.74 Å². The first kappa shape index (κ1) is 14.6. The van der Waals surface area contributed by atoms with Crippen LogP contribution in [0.5, 0.6) is 5.75 Å². The Morgan fingerprint density at radius 2 is 1.90 bits per heavy atom. The lowest BCUT2D eigenvalue weighted by Gasteiger charge is -2.07. The van der Waals surface area contributed by atoms with Crippen molar-refractivity contribution in [3.8, 4) is 5.75 Å². The van der Waals surface area contributed by atoms with Gasteiger partial charge in [-0.15, -0.1) is 0 Å². The summed E-state index contributed by atoms with van der Waals surface area (Å²) < 4.78 is 18.7. The Kier molecular flexibility index (Phi) is 4.42. The summed E-state index contributed by atoms with van der Waals surface area (Å²) in [6, 6.07) is 8.33. The highest BCUT2D eigenvalue weighted by Crippen LogP contribution is 2.25. The van der Waals surface area contributed by atoms with Crippen molar-refractivity contribution in [1.82, 2.24) is 0 Å². The SMILES string of the molecule is O=[N+]([O-])c1ccc(OCc2ccc(Cl)c(Cl)c2)cc1F. The number of hydrogen-bond donors (Lipinski definition) is 0. The molecule has 104 valence electrons. The second kappa shape index (κ2) is 6.07. The van der Waals surface area contributed by atoms with E-state index in [0.717, 1.165) is 17.7 Å². The van der Waals surface area contributed by atoms with E-state index in [4.69, 9.17) is 27.9 Å². The van der Waals surface area contributed by atoms with E-state index in [9.17, 15) is 14.5 Å². The molecular formula is C13H8Cl2FNO3. The molecule has 0 spiro atoms. The number of halogens is 3. The molecule has 20 heavy (non-hydrogen) atoms. The number of nitrogens with zero attached hydrogens (tertiary/aromatic N) is 1. The molecule has 0 N–H and O–H groups in total. The minimum absolute atomic E-state index is 0.147. The van der Waals surface area contributed by atoms with Crippen molar-refractivity contribution < 1.29 is 14.1 Å². The summed E-state index contributed by atoms with van der Waals surface area (Å²) in [6.45, 7) is 0.147. The van der Waals surface area contributed by atoms with Gasteiger partial charge in [-0.3, -0.25) is 10.1 Å². The number of ether oxygens (including phenoxy) is 1. The Morgan fingerprint density at radius 1 is 1.15 bits per heavy atom. The molecule has 0 saturated carbocycles. The van der Waals surface area contributed by atoms with Crippen LogP contribution in [0.25, 0.3) is 0 Å². The highest BCUT2D eigenvalue weighted by molar-refractivity contribution is 6.42. The van der Waals surface area contributed by atoms with Crippen molar-refractivity contribution in [2.45, 2.75) is 6.61 Å². The van der Waals surface area contributed by atoms with Crippen LogP contribution in [0.1, 0.15) is 5.56 Å². The van der Waals surface area contributed by atoms with E-state index >= 15 is 0 Å². The van der Waals surface area contributed by atoms with Gasteiger partial charge in [-0.25, -0.2) is 0 Å². The number of hydrogen-bond acceptors (Lipinski definition) is 3. The number of benzene rings is 2. The molecule has 0 atom stereocenters. The fourth-order valence-corrected chi connectivity index (χ4v) is 1.84. The summed E-state index contributed by atoms with van der Waals surface area (Å²) in [7, 11) is 0. The zero-order valence-electron chi connectivity index (χ0n) is 9.98. The number of rotatable bonds is 4. The van der Waals surface area contributed by atoms with Crippen molar-refractivity contribution in [2.75, 3.05) is 0 Å². The maximum absolute atomic E-state index is 13.4. The average Bonchev–Trinajstić information content (AvgIpc) is 2.40. The predicted octanol–water partition coefficient (Wildman–Crippen LogP) is 4.62. The van der Waals surface area contributed by atoms with Crippen LogP contribution in [-0.2, 0) is 6.61 Å². The van der Waals surface area contributed by atoms with Crippen LogP contribution in [0.15, 0.2) is 36.4 Å². The molecule has 0 aliphatic rings. The van der Waals surface area contributed by atoms with Crippen LogP contribution in [-0.4, -0.2) is 4.92 Å². The monoisotopic (exact) mass is 315 g/mol. The molecule has 0 saturated heterocycles. The van der Waals surface area contributed by atoms with E-state index in [-0.39, 0.29) is 12.4 Å². The van der Waals surface area contributed by atoms with Crippen LogP contribution in [0.4, 0.5) is 10.1 Å². The fraction of sp³-hybridized carbons (Fsp3) is 0.0769. The Balaban J connectivity index is 2.09. The third-order valence-corrected chi connectivity index (χ3v) is 3.24. The predicted molar refractivity (Wildman–Crippen MR) is 73.8 cm³/mol. The third kappa shape index (κ3) is 3.37. The minimum atomic E-state index is -0.943. The minimum Gasteiger partial charge on any atom is -0.489 e. The van der Waals surface area contributed by atoms with Crippen LogP contribution in [0, 0.1) is 15.9 Å². The molecule has 0 amide bonds. The van der Waals surface area contributed by atoms with Crippen molar-refractivity contribution in [3.63, 3.8) is 0 Å². The Bertz CT molecular complexity index is 664. The van der Waals surface area contributed by atoms with Gasteiger partial charge in [0.25, 0.3) is 0 Å². The molecule has 0 radical (unpaired) electrons. The lowest BCUT2D eigenvalue weighted by atomic mass is 10.2. The van der Waals surface area contributed by atoms with E-state index in [2.05, 4.69) is 0 Å². The molecule has 0 aromatic heterocycles. The molecule has 2 rings (SSSR count). The number of nitro groups is 1. The summed E-state index contributed by atoms with van der Waals surface area (Å²) in [5.74, 6) is -0.749. The third-order valence-electron chi connectivity index (χ3n) is 2.51. The second-order valence-corrected chi connectivity index (χ2v) is 4.72. The van der Waals surface area contributed by atoms with Gasteiger partial charge in [-0.1, -0.05) is 29.3 Å². The molecule has 0 fully saturated rings. The van der Waals surface area contributed by atoms with E-state index in [1.807, 2.05) is 0 Å². The van der Waals surface area contributed by atoms with Crippen molar-refractivity contribution in [2.24, 2.45) is 0 Å². The molecule has 7 heteroatoms. The molecule has 2 aromatic rings. The fourth-order valence-electron chi connectivity index (χ4n) is 1.52. The largest absolute Gasteiger partial charge is 0.489 e. The quantitative estimate of drug-likeness (QED) is 0.611. The first-order valence-electron chi connectivity index (χ1n) is 5.48. The maximum atomic E-state index is 13.4. The standard InChI is InChI=1S/C13H8Cl2FNO3/c14-10-3-1-8(5-11(10)15)7-20-9-2-4-13(17(18)19)12(16)6-9/h1-6H,7H2. The van der Waals surface area contributed by atoms with Gasteiger partial charge >= 0.3 is 5.69 Å². The van der Waals surface area contributed by atoms with Crippen LogP contribution in [0.3, 0.4) is 0 Å². The molecule has 4 nitrogen and oxygen atoms in total. The Hall–Kier alpha value is -1.85. The topological polar surface area (TPSA) is 52.4 Å². The lowest BCUT2D eigenvalue weighted by Crippen LogP contribution is -1.97. The Morgan fingerprint density at radius 3 is 2.50 bits per heavy atom. The first-order valence-corrected chi connectivity index (χ1v) is 6.23. The first-order chi connectivity index (χ1) is 9.47. The lowest BCUT2D eigenvalue weighted by molar-refractivity contribution is -0.387. The van der Waals surface area contributed by atoms with Gasteiger partial charge in [-0.05, 0) is 23.8 Å². The number of nitro benzene ring substituents is 1. The van der Waals surface area contributed by atoms with Crippen molar-refractivity contribution in [3.05, 3.63) is 67.9 Å². The normalized spacial score (nSPS) is 10.3. The highest BCUT2D eigenvalue weighted by Gasteiger charge is 2.14. The van der Waals surface area contributed by atoms with Crippen molar-refractivity contribution >= 4 is 28.9 Å². The molecule has 0 aliphatic heterocycles. The Labute approximate surface area is 123 Å². The summed E-state index contributed by atoms with van der Waals surface area (Å²) in [4.78, 5) is 9.69. The van der Waals surface area contributed by atoms with E-state index in [1.54, 1.807) is 18.2 Å². The highest BCUT2D eigenvalue weighted by atomic mass is 35.5. The average molecular weight is 316 g/mol.